The topological polar surface area (TPSA) is 6.48 Å². The number of nitrogens with zero attached hydrogens (tertiary/aromatic N) is 2. The van der Waals surface area contributed by atoms with Crippen LogP contribution in [0.1, 0.15) is 134 Å². The van der Waals surface area contributed by atoms with Crippen LogP contribution in [0.2, 0.25) is 0 Å². The summed E-state index contributed by atoms with van der Waals surface area (Å²) in [7, 11) is 0. The lowest BCUT2D eigenvalue weighted by molar-refractivity contribution is 0.195. The van der Waals surface area contributed by atoms with Gasteiger partial charge in [-0.25, -0.2) is 0 Å². The maximum absolute atomic E-state index is 2.89. The van der Waals surface area contributed by atoms with Gasteiger partial charge >= 0.3 is 0 Å². The monoisotopic (exact) mass is 708 g/mol. The summed E-state index contributed by atoms with van der Waals surface area (Å²) in [5, 5.41) is 0. The van der Waals surface area contributed by atoms with E-state index in [0.29, 0.717) is 0 Å². The van der Waals surface area contributed by atoms with E-state index in [1.165, 1.54) is 115 Å². The Balaban J connectivity index is 1.36. The van der Waals surface area contributed by atoms with Crippen molar-refractivity contribution in [3.8, 4) is 11.1 Å². The van der Waals surface area contributed by atoms with Crippen molar-refractivity contribution in [2.24, 2.45) is 0 Å². The van der Waals surface area contributed by atoms with Gasteiger partial charge in [-0.2, -0.15) is 0 Å². The lowest BCUT2D eigenvalue weighted by Crippen LogP contribution is -2.64. The summed E-state index contributed by atoms with van der Waals surface area (Å²) in [6.07, 6.45) is 5.03. The predicted molar refractivity (Wildman–Crippen MR) is 233 cm³/mol. The van der Waals surface area contributed by atoms with Gasteiger partial charge in [-0.1, -0.05) is 130 Å². The molecule has 2 unspecified atom stereocenters. The molecule has 0 aromatic heterocycles. The van der Waals surface area contributed by atoms with E-state index in [1.54, 1.807) is 5.56 Å². The van der Waals surface area contributed by atoms with Crippen molar-refractivity contribution in [1.29, 1.82) is 0 Å². The van der Waals surface area contributed by atoms with Crippen LogP contribution in [0.4, 0.5) is 28.4 Å². The van der Waals surface area contributed by atoms with Gasteiger partial charge in [0.1, 0.15) is 0 Å². The number of fused-ring (bicyclic) bond motifs is 10. The molecule has 3 heteroatoms. The van der Waals surface area contributed by atoms with E-state index < -0.39 is 0 Å². The molecule has 274 valence electrons. The van der Waals surface area contributed by atoms with E-state index >= 15 is 0 Å². The van der Waals surface area contributed by atoms with Crippen LogP contribution in [0.5, 0.6) is 0 Å². The van der Waals surface area contributed by atoms with Crippen LogP contribution in [0.15, 0.2) is 78.9 Å². The standard InChI is InChI=1S/C51H57BN2/c1-30-23-43-45-44(24-30)54-46-38(50(11)21-15-16-22-51(50,54)12)26-33(48(6,7)8)27-40(46)52(45)39-28-35-34-17-13-14-18-36(34)49(9,10)37(35)29-42(39)53(43)41-20-19-32(25-31(41)2)47(3,4)5/h13-14,17-20,23-29H,15-16,21-22H2,1-12H3. The van der Waals surface area contributed by atoms with E-state index in [2.05, 4.69) is 172 Å². The van der Waals surface area contributed by atoms with Gasteiger partial charge in [-0.3, -0.25) is 0 Å². The van der Waals surface area contributed by atoms with Crippen LogP contribution in [0.3, 0.4) is 0 Å². The molecule has 0 radical (unpaired) electrons. The number of hydrogen-bond donors (Lipinski definition) is 0. The molecule has 54 heavy (non-hydrogen) atoms. The molecule has 0 spiro atoms. The molecule has 1 fully saturated rings. The largest absolute Gasteiger partial charge is 0.335 e. The second kappa shape index (κ2) is 10.5. The Morgan fingerprint density at radius 3 is 2.02 bits per heavy atom. The first-order valence-corrected chi connectivity index (χ1v) is 20.7. The summed E-state index contributed by atoms with van der Waals surface area (Å²) in [6.45, 7) is 29.1. The summed E-state index contributed by atoms with van der Waals surface area (Å²) in [5.41, 5.74) is 24.2. The average Bonchev–Trinajstić information content (AvgIpc) is 3.46. The molecule has 2 aliphatic carbocycles. The lowest BCUT2D eigenvalue weighted by atomic mass is 9.33. The van der Waals surface area contributed by atoms with Crippen LogP contribution in [-0.2, 0) is 21.7 Å². The fraction of sp³-hybridized carbons (Fsp3) is 0.412. The molecule has 2 atom stereocenters. The van der Waals surface area contributed by atoms with Gasteiger partial charge < -0.3 is 9.80 Å². The Morgan fingerprint density at radius 1 is 0.593 bits per heavy atom. The molecule has 0 bridgehead atoms. The summed E-state index contributed by atoms with van der Waals surface area (Å²) in [5.74, 6) is 0. The number of aryl methyl sites for hydroxylation is 2. The molecule has 1 saturated carbocycles. The van der Waals surface area contributed by atoms with E-state index in [9.17, 15) is 0 Å². The molecule has 3 aliphatic heterocycles. The van der Waals surface area contributed by atoms with Crippen LogP contribution in [0.25, 0.3) is 11.1 Å². The van der Waals surface area contributed by atoms with Crippen molar-refractivity contribution < 1.29 is 0 Å². The smallest absolute Gasteiger partial charge is 0.252 e. The highest BCUT2D eigenvalue weighted by Gasteiger charge is 2.61. The first kappa shape index (κ1) is 34.3. The van der Waals surface area contributed by atoms with Crippen LogP contribution in [0, 0.1) is 13.8 Å². The zero-order valence-corrected chi connectivity index (χ0v) is 34.8. The van der Waals surface area contributed by atoms with Crippen molar-refractivity contribution in [3.63, 3.8) is 0 Å². The molecule has 0 saturated heterocycles. The van der Waals surface area contributed by atoms with Crippen molar-refractivity contribution >= 4 is 51.5 Å². The van der Waals surface area contributed by atoms with Gasteiger partial charge in [0.05, 0.1) is 5.54 Å². The van der Waals surface area contributed by atoms with Gasteiger partial charge in [0.25, 0.3) is 6.71 Å². The number of anilines is 5. The average molecular weight is 709 g/mol. The second-order valence-corrected chi connectivity index (χ2v) is 20.7. The Labute approximate surface area is 325 Å². The first-order chi connectivity index (χ1) is 25.4. The lowest BCUT2D eigenvalue weighted by Gasteiger charge is -2.53. The highest BCUT2D eigenvalue weighted by molar-refractivity contribution is 7.00. The van der Waals surface area contributed by atoms with Crippen LogP contribution < -0.4 is 26.2 Å². The van der Waals surface area contributed by atoms with Crippen LogP contribution in [-0.4, -0.2) is 12.3 Å². The molecule has 3 heterocycles. The Kier molecular flexibility index (Phi) is 6.69. The van der Waals surface area contributed by atoms with Crippen molar-refractivity contribution in [3.05, 3.63) is 118 Å². The van der Waals surface area contributed by atoms with E-state index in [-0.39, 0.29) is 33.9 Å². The normalized spacial score (nSPS) is 22.7. The van der Waals surface area contributed by atoms with Crippen LogP contribution >= 0.6 is 0 Å². The molecule has 5 aliphatic rings. The van der Waals surface area contributed by atoms with E-state index in [0.717, 1.165) is 0 Å². The summed E-state index contributed by atoms with van der Waals surface area (Å²) < 4.78 is 0. The molecule has 5 aromatic rings. The quantitative estimate of drug-likeness (QED) is 0.157. The fourth-order valence-corrected chi connectivity index (χ4v) is 11.7. The maximum Gasteiger partial charge on any atom is 0.252 e. The molecular formula is C51H57BN2. The number of hydrogen-bond acceptors (Lipinski definition) is 2. The summed E-state index contributed by atoms with van der Waals surface area (Å²) in [6, 6.07) is 32.0. The molecule has 5 aromatic carbocycles. The Morgan fingerprint density at radius 2 is 1.30 bits per heavy atom. The molecule has 2 nitrogen and oxygen atoms in total. The molecule has 10 rings (SSSR count). The minimum atomic E-state index is -0.0918. The molecule has 0 N–H and O–H groups in total. The van der Waals surface area contributed by atoms with Crippen molar-refractivity contribution in [1.82, 2.24) is 0 Å². The van der Waals surface area contributed by atoms with E-state index in [1.807, 2.05) is 0 Å². The fourth-order valence-electron chi connectivity index (χ4n) is 11.7. The molecular weight excluding hydrogens is 651 g/mol. The highest BCUT2D eigenvalue weighted by Crippen LogP contribution is 2.62. The minimum absolute atomic E-state index is 0.00164. The van der Waals surface area contributed by atoms with Crippen molar-refractivity contribution in [2.75, 3.05) is 9.80 Å². The third kappa shape index (κ3) is 4.20. The van der Waals surface area contributed by atoms with Gasteiger partial charge in [0.2, 0.25) is 0 Å². The predicted octanol–water partition coefficient (Wildman–Crippen LogP) is 11.6. The first-order valence-electron chi connectivity index (χ1n) is 20.7. The molecule has 0 amide bonds. The second-order valence-electron chi connectivity index (χ2n) is 20.7. The third-order valence-electron chi connectivity index (χ3n) is 15.0. The van der Waals surface area contributed by atoms with E-state index in [4.69, 9.17) is 0 Å². The Hall–Kier alpha value is -4.24. The van der Waals surface area contributed by atoms with Gasteiger partial charge in [-0.15, -0.1) is 0 Å². The SMILES string of the molecule is Cc1cc2c3c(c1)N1c4c(cc(C(C)(C)C)cc4C4(C)CCCCC14C)B3c1cc3c(cc1N2c1ccc(C(C)(C)C)cc1C)C(C)(C)c1ccccc1-3. The zero-order chi connectivity index (χ0) is 38.1. The number of rotatable bonds is 1. The number of benzene rings is 5. The zero-order valence-electron chi connectivity index (χ0n) is 34.8. The van der Waals surface area contributed by atoms with Crippen molar-refractivity contribution in [2.45, 2.75) is 136 Å². The van der Waals surface area contributed by atoms with Gasteiger partial charge in [0.15, 0.2) is 0 Å². The highest BCUT2D eigenvalue weighted by atomic mass is 15.3. The third-order valence-corrected chi connectivity index (χ3v) is 15.0. The van der Waals surface area contributed by atoms with Gasteiger partial charge in [-0.05, 0) is 135 Å². The van der Waals surface area contributed by atoms with Gasteiger partial charge in [0, 0.05) is 39.3 Å². The summed E-state index contributed by atoms with van der Waals surface area (Å²) in [4.78, 5) is 5.56. The Bertz CT molecular complexity index is 2470. The maximum atomic E-state index is 2.89. The summed E-state index contributed by atoms with van der Waals surface area (Å²) >= 11 is 0. The minimum Gasteiger partial charge on any atom is -0.335 e.